The monoisotopic (exact) mass is 364 g/mol. The zero-order valence-electron chi connectivity index (χ0n) is 16.0. The second-order valence-corrected chi connectivity index (χ2v) is 6.64. The van der Waals surface area contributed by atoms with Crippen molar-refractivity contribution in [1.82, 2.24) is 10.2 Å². The molecule has 2 rings (SSSR count). The summed E-state index contributed by atoms with van der Waals surface area (Å²) in [6, 6.07) is 10.2. The largest absolute Gasteiger partial charge is 0.450 e. The number of hydrogen-bond acceptors (Lipinski definition) is 5. The van der Waals surface area contributed by atoms with Gasteiger partial charge in [-0.15, -0.1) is 0 Å². The van der Waals surface area contributed by atoms with E-state index in [9.17, 15) is 4.79 Å². The van der Waals surface area contributed by atoms with Gasteiger partial charge in [0.15, 0.2) is 0 Å². The highest BCUT2D eigenvalue weighted by molar-refractivity contribution is 5.67. The van der Waals surface area contributed by atoms with Crippen molar-refractivity contribution in [1.29, 1.82) is 0 Å². The molecule has 0 aromatic heterocycles. The number of carbonyl (C=O) groups is 1. The van der Waals surface area contributed by atoms with Gasteiger partial charge < -0.3 is 19.5 Å². The third-order valence-corrected chi connectivity index (χ3v) is 4.57. The number of unbranched alkanes of at least 4 members (excludes halogenated alkanes) is 2. The number of hydrogen-bond donors (Lipinski definition) is 1. The van der Waals surface area contributed by atoms with E-state index in [2.05, 4.69) is 17.1 Å². The minimum Gasteiger partial charge on any atom is -0.450 e. The van der Waals surface area contributed by atoms with Crippen LogP contribution in [0.15, 0.2) is 30.3 Å². The smallest absolute Gasteiger partial charge is 0.407 e. The zero-order chi connectivity index (χ0) is 18.6. The van der Waals surface area contributed by atoms with Crippen LogP contribution < -0.4 is 5.32 Å². The van der Waals surface area contributed by atoms with E-state index in [1.165, 1.54) is 0 Å². The van der Waals surface area contributed by atoms with Crippen molar-refractivity contribution in [3.05, 3.63) is 35.9 Å². The summed E-state index contributed by atoms with van der Waals surface area (Å²) < 4.78 is 16.6. The second kappa shape index (κ2) is 11.9. The van der Waals surface area contributed by atoms with Crippen molar-refractivity contribution < 1.29 is 19.0 Å². The van der Waals surface area contributed by atoms with Gasteiger partial charge in [-0.3, -0.25) is 4.90 Å². The molecule has 1 atom stereocenters. The summed E-state index contributed by atoms with van der Waals surface area (Å²) in [5.41, 5.74) is 1.12. The summed E-state index contributed by atoms with van der Waals surface area (Å²) >= 11 is 0. The maximum Gasteiger partial charge on any atom is 0.407 e. The fourth-order valence-corrected chi connectivity index (χ4v) is 3.04. The Morgan fingerprint density at radius 1 is 1.23 bits per heavy atom. The third-order valence-electron chi connectivity index (χ3n) is 4.57. The van der Waals surface area contributed by atoms with E-state index in [4.69, 9.17) is 14.2 Å². The Balaban J connectivity index is 1.66. The SMILES string of the molecule is CCCCCOC(=O)NC1CCN(C(OC)OCc2ccccc2)CC1. The molecule has 0 saturated carbocycles. The maximum absolute atomic E-state index is 11.8. The Morgan fingerprint density at radius 3 is 2.62 bits per heavy atom. The van der Waals surface area contributed by atoms with Crippen molar-refractivity contribution in [3.8, 4) is 0 Å². The van der Waals surface area contributed by atoms with Crippen LogP contribution in [-0.2, 0) is 20.8 Å². The fourth-order valence-electron chi connectivity index (χ4n) is 3.04. The highest BCUT2D eigenvalue weighted by Gasteiger charge is 2.26. The summed E-state index contributed by atoms with van der Waals surface area (Å²) in [6.45, 7) is 4.77. The Hall–Kier alpha value is -1.63. The standard InChI is InChI=1S/C20H32N2O4/c1-3-4-8-15-25-19(23)21-18-11-13-22(14-12-18)20(24-2)26-16-17-9-6-5-7-10-17/h5-7,9-10,18,20H,3-4,8,11-16H2,1-2H3,(H,21,23). The van der Waals surface area contributed by atoms with Crippen LogP contribution in [0.5, 0.6) is 0 Å². The van der Waals surface area contributed by atoms with Crippen LogP contribution in [0.25, 0.3) is 0 Å². The van der Waals surface area contributed by atoms with Crippen LogP contribution in [0.1, 0.15) is 44.6 Å². The molecule has 0 aliphatic carbocycles. The predicted molar refractivity (Wildman–Crippen MR) is 101 cm³/mol. The van der Waals surface area contributed by atoms with Crippen LogP contribution in [0.4, 0.5) is 4.79 Å². The van der Waals surface area contributed by atoms with E-state index in [1.807, 2.05) is 30.3 Å². The van der Waals surface area contributed by atoms with Crippen molar-refractivity contribution in [2.45, 2.75) is 58.1 Å². The number of ether oxygens (including phenoxy) is 3. The quantitative estimate of drug-likeness (QED) is 0.508. The van der Waals surface area contributed by atoms with Crippen LogP contribution in [0.3, 0.4) is 0 Å². The molecule has 0 bridgehead atoms. The van der Waals surface area contributed by atoms with E-state index in [-0.39, 0.29) is 18.5 Å². The lowest BCUT2D eigenvalue weighted by molar-refractivity contribution is -0.221. The molecule has 1 fully saturated rings. The average molecular weight is 364 g/mol. The average Bonchev–Trinajstić information content (AvgIpc) is 2.68. The van der Waals surface area contributed by atoms with Crippen LogP contribution >= 0.6 is 0 Å². The molecule has 1 aliphatic rings. The Kier molecular flexibility index (Phi) is 9.45. The Labute approximate surface area is 156 Å². The molecular formula is C20H32N2O4. The summed E-state index contributed by atoms with van der Waals surface area (Å²) in [7, 11) is 1.66. The van der Waals surface area contributed by atoms with Gasteiger partial charge in [-0.05, 0) is 24.8 Å². The van der Waals surface area contributed by atoms with E-state index in [0.29, 0.717) is 13.2 Å². The van der Waals surface area contributed by atoms with Crippen molar-refractivity contribution in [2.24, 2.45) is 0 Å². The highest BCUT2D eigenvalue weighted by atomic mass is 16.7. The molecule has 1 heterocycles. The van der Waals surface area contributed by atoms with E-state index in [0.717, 1.165) is 50.8 Å². The molecule has 1 unspecified atom stereocenters. The first-order valence-corrected chi connectivity index (χ1v) is 9.58. The number of likely N-dealkylation sites (tertiary alicyclic amines) is 1. The number of nitrogens with zero attached hydrogens (tertiary/aromatic N) is 1. The first-order chi connectivity index (χ1) is 12.7. The molecule has 1 aliphatic heterocycles. The number of carbonyl (C=O) groups excluding carboxylic acids is 1. The number of nitrogens with one attached hydrogen (secondary N) is 1. The number of rotatable bonds is 10. The minimum atomic E-state index is -0.364. The number of amides is 1. The van der Waals surface area contributed by atoms with Crippen molar-refractivity contribution >= 4 is 6.09 Å². The molecule has 6 heteroatoms. The second-order valence-electron chi connectivity index (χ2n) is 6.64. The number of methoxy groups -OCH3 is 1. The molecule has 6 nitrogen and oxygen atoms in total. The molecular weight excluding hydrogens is 332 g/mol. The van der Waals surface area contributed by atoms with Crippen LogP contribution in [-0.4, -0.2) is 50.3 Å². The van der Waals surface area contributed by atoms with E-state index >= 15 is 0 Å². The summed E-state index contributed by atoms with van der Waals surface area (Å²) in [6.07, 6.45) is 4.19. The molecule has 1 N–H and O–H groups in total. The number of alkyl carbamates (subject to hydrolysis) is 1. The maximum atomic E-state index is 11.8. The molecule has 0 radical (unpaired) electrons. The summed E-state index contributed by atoms with van der Waals surface area (Å²) in [5, 5.41) is 2.96. The third kappa shape index (κ3) is 7.32. The molecule has 1 aromatic carbocycles. The first kappa shape index (κ1) is 20.7. The fraction of sp³-hybridized carbons (Fsp3) is 0.650. The topological polar surface area (TPSA) is 60.0 Å². The minimum absolute atomic E-state index is 0.150. The van der Waals surface area contributed by atoms with Gasteiger partial charge in [-0.1, -0.05) is 50.1 Å². The zero-order valence-corrected chi connectivity index (χ0v) is 16.0. The van der Waals surface area contributed by atoms with Gasteiger partial charge in [-0.2, -0.15) is 0 Å². The number of piperidine rings is 1. The van der Waals surface area contributed by atoms with Gasteiger partial charge in [0, 0.05) is 26.2 Å². The van der Waals surface area contributed by atoms with Gasteiger partial charge in [-0.25, -0.2) is 4.79 Å². The normalized spacial score (nSPS) is 17.0. The van der Waals surface area contributed by atoms with Crippen molar-refractivity contribution in [3.63, 3.8) is 0 Å². The molecule has 1 saturated heterocycles. The Bertz CT molecular complexity index is 504. The molecule has 146 valence electrons. The van der Waals surface area contributed by atoms with Crippen LogP contribution in [0, 0.1) is 0 Å². The predicted octanol–water partition coefficient (Wildman–Crippen LogP) is 3.51. The lowest BCUT2D eigenvalue weighted by atomic mass is 10.1. The van der Waals surface area contributed by atoms with Gasteiger partial charge >= 0.3 is 6.09 Å². The molecule has 1 aromatic rings. The molecule has 26 heavy (non-hydrogen) atoms. The number of benzene rings is 1. The first-order valence-electron chi connectivity index (χ1n) is 9.58. The lowest BCUT2D eigenvalue weighted by Gasteiger charge is -2.36. The highest BCUT2D eigenvalue weighted by Crippen LogP contribution is 2.16. The van der Waals surface area contributed by atoms with E-state index in [1.54, 1.807) is 7.11 Å². The Morgan fingerprint density at radius 2 is 1.96 bits per heavy atom. The van der Waals surface area contributed by atoms with E-state index < -0.39 is 0 Å². The van der Waals surface area contributed by atoms with Crippen LogP contribution in [0.2, 0.25) is 0 Å². The summed E-state index contributed by atoms with van der Waals surface area (Å²) in [4.78, 5) is 14.0. The molecule has 1 amide bonds. The lowest BCUT2D eigenvalue weighted by Crippen LogP contribution is -2.49. The van der Waals surface area contributed by atoms with Gasteiger partial charge in [0.1, 0.15) is 0 Å². The van der Waals surface area contributed by atoms with Gasteiger partial charge in [0.2, 0.25) is 6.41 Å². The summed E-state index contributed by atoms with van der Waals surface area (Å²) in [5.74, 6) is 0. The molecule has 0 spiro atoms. The van der Waals surface area contributed by atoms with Gasteiger partial charge in [0.25, 0.3) is 0 Å². The van der Waals surface area contributed by atoms with Gasteiger partial charge in [0.05, 0.1) is 13.2 Å². The van der Waals surface area contributed by atoms with Crippen molar-refractivity contribution in [2.75, 3.05) is 26.8 Å².